The molecule has 106 valence electrons. The van der Waals surface area contributed by atoms with Gasteiger partial charge in [0.15, 0.2) is 5.82 Å². The maximum Gasteiger partial charge on any atom is 0.178 e. The van der Waals surface area contributed by atoms with Gasteiger partial charge in [-0.3, -0.25) is 0 Å². The minimum atomic E-state index is -0.360. The van der Waals surface area contributed by atoms with Gasteiger partial charge in [0.25, 0.3) is 0 Å². The smallest absolute Gasteiger partial charge is 0.178 e. The van der Waals surface area contributed by atoms with Gasteiger partial charge in [0, 0.05) is 17.9 Å². The summed E-state index contributed by atoms with van der Waals surface area (Å²) in [6, 6.07) is 2.97. The predicted molar refractivity (Wildman–Crippen MR) is 77.0 cm³/mol. The molecule has 20 heavy (non-hydrogen) atoms. The fourth-order valence-electron chi connectivity index (χ4n) is 2.47. The van der Waals surface area contributed by atoms with Crippen LogP contribution in [0.25, 0.3) is 11.5 Å². The second-order valence-corrected chi connectivity index (χ2v) is 4.95. The highest BCUT2D eigenvalue weighted by atomic mass is 19.1. The van der Waals surface area contributed by atoms with E-state index in [9.17, 15) is 4.39 Å². The van der Waals surface area contributed by atoms with Crippen LogP contribution in [0.2, 0.25) is 0 Å². The first kappa shape index (κ1) is 14.5. The summed E-state index contributed by atoms with van der Waals surface area (Å²) in [4.78, 5) is 13.1. The van der Waals surface area contributed by atoms with Crippen molar-refractivity contribution in [3.05, 3.63) is 41.1 Å². The average molecular weight is 274 g/mol. The molecule has 0 saturated heterocycles. The van der Waals surface area contributed by atoms with E-state index in [1.54, 1.807) is 6.07 Å². The summed E-state index contributed by atoms with van der Waals surface area (Å²) in [7, 11) is 1.93. The van der Waals surface area contributed by atoms with E-state index in [1.165, 1.54) is 12.3 Å². The molecule has 0 radical (unpaired) electrons. The molecule has 0 amide bonds. The molecule has 0 aromatic carbocycles. The van der Waals surface area contributed by atoms with Gasteiger partial charge in [0.1, 0.15) is 11.5 Å². The Kier molecular flexibility index (Phi) is 4.39. The molecule has 0 aliphatic carbocycles. The minimum Gasteiger partial charge on any atom is -0.319 e. The van der Waals surface area contributed by atoms with Crippen molar-refractivity contribution in [2.24, 2.45) is 0 Å². The van der Waals surface area contributed by atoms with Crippen LogP contribution in [-0.4, -0.2) is 28.5 Å². The monoisotopic (exact) mass is 274 g/mol. The number of hydrogen-bond donors (Lipinski definition) is 1. The van der Waals surface area contributed by atoms with Gasteiger partial charge >= 0.3 is 0 Å². The van der Waals surface area contributed by atoms with Gasteiger partial charge in [0.2, 0.25) is 0 Å². The Labute approximate surface area is 118 Å². The summed E-state index contributed by atoms with van der Waals surface area (Å²) in [6.45, 7) is 6.97. The molecular formula is C15H19FN4. The van der Waals surface area contributed by atoms with E-state index in [1.807, 2.05) is 20.9 Å². The Balaban J connectivity index is 2.42. The SMILES string of the molecule is CNCC(C)c1c(C)nc(-c2ccc(F)cn2)nc1C. The molecule has 0 aliphatic rings. The lowest BCUT2D eigenvalue weighted by atomic mass is 9.98. The zero-order valence-electron chi connectivity index (χ0n) is 12.2. The third-order valence-corrected chi connectivity index (χ3v) is 3.29. The van der Waals surface area contributed by atoms with Crippen molar-refractivity contribution < 1.29 is 4.39 Å². The first-order valence-electron chi connectivity index (χ1n) is 6.64. The number of hydrogen-bond acceptors (Lipinski definition) is 4. The molecule has 0 saturated carbocycles. The molecule has 0 fully saturated rings. The molecule has 1 N–H and O–H groups in total. The maximum absolute atomic E-state index is 12.9. The Bertz CT molecular complexity index is 572. The van der Waals surface area contributed by atoms with E-state index in [2.05, 4.69) is 27.2 Å². The van der Waals surface area contributed by atoms with E-state index < -0.39 is 0 Å². The van der Waals surface area contributed by atoms with Crippen molar-refractivity contribution in [2.45, 2.75) is 26.7 Å². The predicted octanol–water partition coefficient (Wildman–Crippen LogP) is 2.62. The fraction of sp³-hybridized carbons (Fsp3) is 0.400. The van der Waals surface area contributed by atoms with Gasteiger partial charge < -0.3 is 5.32 Å². The maximum atomic E-state index is 12.9. The Morgan fingerprint density at radius 3 is 2.35 bits per heavy atom. The van der Waals surface area contributed by atoms with Crippen LogP contribution in [0, 0.1) is 19.7 Å². The zero-order chi connectivity index (χ0) is 14.7. The average Bonchev–Trinajstić information content (AvgIpc) is 2.39. The van der Waals surface area contributed by atoms with Crippen LogP contribution in [0.5, 0.6) is 0 Å². The quantitative estimate of drug-likeness (QED) is 0.931. The van der Waals surface area contributed by atoms with Crippen molar-refractivity contribution in [2.75, 3.05) is 13.6 Å². The van der Waals surface area contributed by atoms with Gasteiger partial charge in [-0.15, -0.1) is 0 Å². The van der Waals surface area contributed by atoms with E-state index >= 15 is 0 Å². The molecule has 4 nitrogen and oxygen atoms in total. The number of likely N-dealkylation sites (N-methyl/N-ethyl adjacent to an activating group) is 1. The van der Waals surface area contributed by atoms with Crippen molar-refractivity contribution in [1.82, 2.24) is 20.3 Å². The van der Waals surface area contributed by atoms with Crippen LogP contribution < -0.4 is 5.32 Å². The normalized spacial score (nSPS) is 12.4. The highest BCUT2D eigenvalue weighted by Gasteiger charge is 2.15. The summed E-state index contributed by atoms with van der Waals surface area (Å²) >= 11 is 0. The van der Waals surface area contributed by atoms with Gasteiger partial charge in [-0.05, 0) is 44.5 Å². The Morgan fingerprint density at radius 1 is 1.20 bits per heavy atom. The molecule has 2 heterocycles. The van der Waals surface area contributed by atoms with Crippen LogP contribution in [0.4, 0.5) is 4.39 Å². The minimum absolute atomic E-state index is 0.343. The van der Waals surface area contributed by atoms with Crippen molar-refractivity contribution in [3.63, 3.8) is 0 Å². The zero-order valence-corrected chi connectivity index (χ0v) is 12.2. The van der Waals surface area contributed by atoms with Crippen molar-refractivity contribution in [1.29, 1.82) is 0 Å². The van der Waals surface area contributed by atoms with Crippen molar-refractivity contribution in [3.8, 4) is 11.5 Å². The summed E-state index contributed by atoms with van der Waals surface area (Å²) in [5, 5.41) is 3.16. The molecule has 0 aliphatic heterocycles. The number of pyridine rings is 1. The van der Waals surface area contributed by atoms with E-state index in [0.29, 0.717) is 17.4 Å². The van der Waals surface area contributed by atoms with Gasteiger partial charge in [-0.25, -0.2) is 19.3 Å². The van der Waals surface area contributed by atoms with E-state index in [4.69, 9.17) is 0 Å². The fourth-order valence-corrected chi connectivity index (χ4v) is 2.47. The molecule has 1 atom stereocenters. The molecule has 5 heteroatoms. The second kappa shape index (κ2) is 6.05. The number of halogens is 1. The Morgan fingerprint density at radius 2 is 1.85 bits per heavy atom. The molecule has 0 bridgehead atoms. The molecule has 1 unspecified atom stereocenters. The third-order valence-electron chi connectivity index (χ3n) is 3.29. The molecule has 2 rings (SSSR count). The third kappa shape index (κ3) is 2.99. The Hall–Kier alpha value is -1.88. The topological polar surface area (TPSA) is 50.7 Å². The van der Waals surface area contributed by atoms with E-state index in [0.717, 1.165) is 23.5 Å². The number of rotatable bonds is 4. The first-order chi connectivity index (χ1) is 9.52. The number of nitrogens with one attached hydrogen (secondary N) is 1. The highest BCUT2D eigenvalue weighted by Crippen LogP contribution is 2.23. The lowest BCUT2D eigenvalue weighted by molar-refractivity contribution is 0.621. The number of nitrogens with zero attached hydrogens (tertiary/aromatic N) is 3. The number of aryl methyl sites for hydroxylation is 2. The highest BCUT2D eigenvalue weighted by molar-refractivity contribution is 5.50. The molecule has 0 spiro atoms. The van der Waals surface area contributed by atoms with Crippen LogP contribution in [0.15, 0.2) is 18.3 Å². The second-order valence-electron chi connectivity index (χ2n) is 4.95. The van der Waals surface area contributed by atoms with Crippen molar-refractivity contribution >= 4 is 0 Å². The van der Waals surface area contributed by atoms with Crippen LogP contribution in [0.3, 0.4) is 0 Å². The summed E-state index contributed by atoms with van der Waals surface area (Å²) < 4.78 is 12.9. The van der Waals surface area contributed by atoms with Crippen LogP contribution in [-0.2, 0) is 0 Å². The summed E-state index contributed by atoms with van der Waals surface area (Å²) in [5.41, 5.74) is 3.64. The lowest BCUT2D eigenvalue weighted by Crippen LogP contribution is -2.17. The first-order valence-corrected chi connectivity index (χ1v) is 6.64. The van der Waals surface area contributed by atoms with Crippen LogP contribution >= 0.6 is 0 Å². The molecule has 2 aromatic rings. The van der Waals surface area contributed by atoms with Crippen LogP contribution in [0.1, 0.15) is 29.8 Å². The lowest BCUT2D eigenvalue weighted by Gasteiger charge is -2.16. The molecular weight excluding hydrogens is 255 g/mol. The molecule has 2 aromatic heterocycles. The number of aromatic nitrogens is 3. The van der Waals surface area contributed by atoms with Gasteiger partial charge in [-0.2, -0.15) is 0 Å². The summed E-state index contributed by atoms with van der Waals surface area (Å²) in [6.07, 6.45) is 1.18. The van der Waals surface area contributed by atoms with E-state index in [-0.39, 0.29) is 5.82 Å². The largest absolute Gasteiger partial charge is 0.319 e. The summed E-state index contributed by atoms with van der Waals surface area (Å²) in [5.74, 6) is 0.525. The van der Waals surface area contributed by atoms with Gasteiger partial charge in [-0.1, -0.05) is 6.92 Å². The standard InChI is InChI=1S/C15H19FN4/c1-9(7-17-4)14-10(2)19-15(20-11(14)3)13-6-5-12(16)8-18-13/h5-6,8-9,17H,7H2,1-4H3. The van der Waals surface area contributed by atoms with Gasteiger partial charge in [0.05, 0.1) is 6.20 Å².